The van der Waals surface area contributed by atoms with Crippen LogP contribution in [0.4, 0.5) is 13.2 Å². The minimum atomic E-state index is -4.61. The number of fused-ring (bicyclic) bond motifs is 1. The van der Waals surface area contributed by atoms with Gasteiger partial charge in [0, 0.05) is 52.1 Å². The summed E-state index contributed by atoms with van der Waals surface area (Å²) in [6.07, 6.45) is 5.03. The quantitative estimate of drug-likeness (QED) is 0.329. The van der Waals surface area contributed by atoms with Gasteiger partial charge < -0.3 is 9.30 Å². The van der Waals surface area contributed by atoms with Crippen molar-refractivity contribution in [2.24, 2.45) is 13.0 Å². The first kappa shape index (κ1) is 26.8. The van der Waals surface area contributed by atoms with Gasteiger partial charge in [-0.15, -0.1) is 10.2 Å². The first-order chi connectivity index (χ1) is 19.2. The molecular formula is C29H33F3N6O2. The van der Waals surface area contributed by atoms with E-state index in [9.17, 15) is 18.0 Å². The summed E-state index contributed by atoms with van der Waals surface area (Å²) in [6, 6.07) is 8.67. The first-order valence-electron chi connectivity index (χ1n) is 13.8. The molecule has 8 nitrogen and oxygen atoms in total. The zero-order valence-electron chi connectivity index (χ0n) is 22.6. The number of likely N-dealkylation sites (tertiary alicyclic amines) is 1. The molecule has 0 unspecified atom stereocenters. The number of halogens is 3. The van der Waals surface area contributed by atoms with Crippen LogP contribution >= 0.6 is 0 Å². The molecule has 2 fully saturated rings. The monoisotopic (exact) mass is 554 g/mol. The molecule has 40 heavy (non-hydrogen) atoms. The van der Waals surface area contributed by atoms with Crippen molar-refractivity contribution in [3.8, 4) is 5.69 Å². The molecule has 11 heteroatoms. The summed E-state index contributed by atoms with van der Waals surface area (Å²) in [7, 11) is 3.59. The van der Waals surface area contributed by atoms with Gasteiger partial charge in [-0.1, -0.05) is 18.6 Å². The Labute approximate surface area is 230 Å². The molecule has 1 aliphatic heterocycles. The highest BCUT2D eigenvalue weighted by atomic mass is 19.4. The number of alkyl halides is 3. The van der Waals surface area contributed by atoms with Crippen molar-refractivity contribution in [3.63, 3.8) is 0 Å². The minimum Gasteiger partial charge on any atom is -0.381 e. The molecule has 0 N–H and O–H groups in total. The highest BCUT2D eigenvalue weighted by Gasteiger charge is 2.35. The summed E-state index contributed by atoms with van der Waals surface area (Å²) >= 11 is 0. The maximum atomic E-state index is 14.2. The maximum Gasteiger partial charge on any atom is 0.418 e. The highest BCUT2D eigenvalue weighted by Crippen LogP contribution is 2.43. The largest absolute Gasteiger partial charge is 0.418 e. The third-order valence-electron chi connectivity index (χ3n) is 8.56. The fraction of sp³-hybridized carbons (Fsp3) is 0.483. The van der Waals surface area contributed by atoms with Crippen molar-refractivity contribution in [1.82, 2.24) is 28.6 Å². The molecule has 6 rings (SSSR count). The third-order valence-corrected chi connectivity index (χ3v) is 8.56. The number of methoxy groups -OCH3 is 1. The molecule has 0 radical (unpaired) electrons. The molecule has 0 bridgehead atoms. The van der Waals surface area contributed by atoms with Crippen LogP contribution in [-0.4, -0.2) is 54.9 Å². The Morgan fingerprint density at radius 1 is 1.10 bits per heavy atom. The van der Waals surface area contributed by atoms with Crippen LogP contribution in [0.2, 0.25) is 0 Å². The number of aryl methyl sites for hydroxylation is 1. The average molecular weight is 555 g/mol. The van der Waals surface area contributed by atoms with Crippen LogP contribution in [0.5, 0.6) is 0 Å². The van der Waals surface area contributed by atoms with Gasteiger partial charge in [-0.05, 0) is 60.9 Å². The molecule has 2 aliphatic rings. The van der Waals surface area contributed by atoms with E-state index in [0.717, 1.165) is 61.0 Å². The number of aromatic nitrogens is 5. The van der Waals surface area contributed by atoms with E-state index in [1.807, 2.05) is 29.8 Å². The number of hydrogen-bond donors (Lipinski definition) is 0. The zero-order chi connectivity index (χ0) is 28.0. The summed E-state index contributed by atoms with van der Waals surface area (Å²) in [4.78, 5) is 15.7. The lowest BCUT2D eigenvalue weighted by Crippen LogP contribution is -2.36. The normalized spacial score (nSPS) is 18.3. The molecule has 1 atom stereocenters. The summed E-state index contributed by atoms with van der Waals surface area (Å²) in [6.45, 7) is 1.80. The topological polar surface area (TPSA) is 69.6 Å². The van der Waals surface area contributed by atoms with Crippen LogP contribution in [0.3, 0.4) is 0 Å². The number of imidazole rings is 1. The Morgan fingerprint density at radius 3 is 2.50 bits per heavy atom. The zero-order valence-corrected chi connectivity index (χ0v) is 22.6. The van der Waals surface area contributed by atoms with Gasteiger partial charge in [0.2, 0.25) is 0 Å². The number of nitrogens with zero attached hydrogens (tertiary/aromatic N) is 6. The molecule has 0 spiro atoms. The number of piperidine rings is 1. The molecule has 1 aliphatic carbocycles. The van der Waals surface area contributed by atoms with Crippen molar-refractivity contribution in [2.45, 2.75) is 56.8 Å². The van der Waals surface area contributed by atoms with Crippen molar-refractivity contribution < 1.29 is 17.9 Å². The van der Waals surface area contributed by atoms with E-state index in [0.29, 0.717) is 23.7 Å². The Balaban J connectivity index is 1.39. The molecule has 212 valence electrons. The lowest BCUT2D eigenvalue weighted by Gasteiger charge is -2.33. The molecule has 4 aromatic rings. The van der Waals surface area contributed by atoms with Gasteiger partial charge in [0.25, 0.3) is 0 Å². The second-order valence-corrected chi connectivity index (χ2v) is 11.1. The molecule has 3 aromatic heterocycles. The lowest BCUT2D eigenvalue weighted by atomic mass is 9.72. The predicted octanol–water partition coefficient (Wildman–Crippen LogP) is 4.78. The molecule has 4 heterocycles. The lowest BCUT2D eigenvalue weighted by molar-refractivity contribution is -0.136. The third kappa shape index (κ3) is 4.96. The number of rotatable bonds is 7. The second kappa shape index (κ2) is 10.5. The summed E-state index contributed by atoms with van der Waals surface area (Å²) in [5, 5.41) is 8.42. The van der Waals surface area contributed by atoms with Gasteiger partial charge in [-0.2, -0.15) is 13.2 Å². The van der Waals surface area contributed by atoms with Crippen LogP contribution in [0.15, 0.2) is 53.8 Å². The smallest absolute Gasteiger partial charge is 0.381 e. The van der Waals surface area contributed by atoms with Crippen LogP contribution < -0.4 is 5.69 Å². The van der Waals surface area contributed by atoms with Gasteiger partial charge in [0.15, 0.2) is 0 Å². The summed E-state index contributed by atoms with van der Waals surface area (Å²) < 4.78 is 52.5. The average Bonchev–Trinajstić information content (AvgIpc) is 3.48. The van der Waals surface area contributed by atoms with Crippen LogP contribution in [0, 0.1) is 5.92 Å². The fourth-order valence-corrected chi connectivity index (χ4v) is 6.15. The van der Waals surface area contributed by atoms with Gasteiger partial charge in [0.05, 0.1) is 22.9 Å². The van der Waals surface area contributed by atoms with E-state index in [4.69, 9.17) is 4.74 Å². The van der Waals surface area contributed by atoms with E-state index < -0.39 is 17.4 Å². The summed E-state index contributed by atoms with van der Waals surface area (Å²) in [5.74, 6) is 1.24. The Kier molecular flexibility index (Phi) is 7.03. The maximum absolute atomic E-state index is 14.2. The fourth-order valence-electron chi connectivity index (χ4n) is 6.15. The Morgan fingerprint density at radius 2 is 1.88 bits per heavy atom. The van der Waals surface area contributed by atoms with E-state index in [-0.39, 0.29) is 17.5 Å². The molecule has 1 aromatic carbocycles. The first-order valence-corrected chi connectivity index (χ1v) is 13.8. The molecule has 0 amide bonds. The Hall–Kier alpha value is -3.44. The van der Waals surface area contributed by atoms with E-state index in [1.54, 1.807) is 25.7 Å². The number of pyridine rings is 1. The van der Waals surface area contributed by atoms with Crippen molar-refractivity contribution in [3.05, 3.63) is 82.1 Å². The van der Waals surface area contributed by atoms with E-state index in [1.165, 1.54) is 16.8 Å². The van der Waals surface area contributed by atoms with Gasteiger partial charge in [0.1, 0.15) is 12.2 Å². The van der Waals surface area contributed by atoms with Crippen LogP contribution in [-0.2, 0) is 24.5 Å². The van der Waals surface area contributed by atoms with Gasteiger partial charge >= 0.3 is 11.9 Å². The Bertz CT molecular complexity index is 1560. The van der Waals surface area contributed by atoms with Gasteiger partial charge in [-0.3, -0.25) is 13.9 Å². The number of ether oxygens (including phenoxy) is 1. The number of hydrogen-bond acceptors (Lipinski definition) is 5. The molecule has 1 saturated carbocycles. The number of benzene rings is 1. The van der Waals surface area contributed by atoms with Gasteiger partial charge in [-0.25, -0.2) is 4.79 Å². The van der Waals surface area contributed by atoms with Crippen molar-refractivity contribution in [2.75, 3.05) is 20.2 Å². The van der Waals surface area contributed by atoms with Crippen molar-refractivity contribution in [1.29, 1.82) is 0 Å². The standard InChI is InChI=1S/C29H33F3N6O2/c1-35-18-33-34-27(35)26(20-5-3-6-20)21-7-4-8-22(14-21)37-17-25-24(29(30,31)32)13-19(16-38(25)28(37)39)15-36-11-9-23(40-2)10-12-36/h4,7-8,13-14,16-18,20,23,26H,3,5-6,9-12,15H2,1-2H3/t26-/m0/s1. The second-order valence-electron chi connectivity index (χ2n) is 11.1. The van der Waals surface area contributed by atoms with Crippen LogP contribution in [0.25, 0.3) is 11.2 Å². The predicted molar refractivity (Wildman–Crippen MR) is 143 cm³/mol. The van der Waals surface area contributed by atoms with E-state index >= 15 is 0 Å². The van der Waals surface area contributed by atoms with E-state index in [2.05, 4.69) is 15.1 Å². The van der Waals surface area contributed by atoms with Crippen molar-refractivity contribution >= 4 is 5.52 Å². The molecule has 1 saturated heterocycles. The molecular weight excluding hydrogens is 521 g/mol. The minimum absolute atomic E-state index is 0.00600. The van der Waals surface area contributed by atoms with Crippen LogP contribution in [0.1, 0.15) is 60.5 Å². The SMILES string of the molecule is COC1CCN(Cc2cc(C(F)(F)F)c3cn(-c4cccc([C@@H](c5nncn5C)C5CCC5)c4)c(=O)n3c2)CC1. The summed E-state index contributed by atoms with van der Waals surface area (Å²) in [5.41, 5.74) is 0.447. The highest BCUT2D eigenvalue weighted by molar-refractivity contribution is 5.58.